The number of nitrogens with one attached hydrogen (secondary N) is 1. The minimum absolute atomic E-state index is 0.00417. The molecule has 29 heavy (non-hydrogen) atoms. The van der Waals surface area contributed by atoms with Gasteiger partial charge in [-0.1, -0.05) is 43.0 Å². The van der Waals surface area contributed by atoms with E-state index in [0.29, 0.717) is 37.8 Å². The van der Waals surface area contributed by atoms with Crippen LogP contribution in [0.25, 0.3) is 0 Å². The first kappa shape index (κ1) is 22.1. The van der Waals surface area contributed by atoms with Gasteiger partial charge in [-0.15, -0.1) is 0 Å². The number of hydrogen-bond donors (Lipinski definition) is 1. The minimum atomic E-state index is -0.456. The highest BCUT2D eigenvalue weighted by molar-refractivity contribution is 6.30. The van der Waals surface area contributed by atoms with E-state index in [-0.39, 0.29) is 11.8 Å². The number of carbonyl (C=O) groups is 2. The summed E-state index contributed by atoms with van der Waals surface area (Å²) in [6.07, 6.45) is 5.09. The lowest BCUT2D eigenvalue weighted by molar-refractivity contribution is -0.140. The maximum atomic E-state index is 13.7. The fraction of sp³-hybridized carbons (Fsp3) is 0.636. The highest BCUT2D eigenvalue weighted by Crippen LogP contribution is 2.41. The second-order valence-corrected chi connectivity index (χ2v) is 8.50. The molecule has 6 nitrogen and oxygen atoms in total. The number of amides is 2. The number of piperazine rings is 1. The van der Waals surface area contributed by atoms with Crippen molar-refractivity contribution in [3.63, 3.8) is 0 Å². The number of halogens is 1. The lowest BCUT2D eigenvalue weighted by Gasteiger charge is -2.43. The van der Waals surface area contributed by atoms with Crippen molar-refractivity contribution in [1.82, 2.24) is 15.1 Å². The lowest BCUT2D eigenvalue weighted by Crippen LogP contribution is -2.56. The Hall–Kier alpha value is -1.63. The van der Waals surface area contributed by atoms with Gasteiger partial charge in [0.2, 0.25) is 11.8 Å². The van der Waals surface area contributed by atoms with E-state index in [1.54, 1.807) is 7.11 Å². The molecule has 1 aliphatic heterocycles. The van der Waals surface area contributed by atoms with Gasteiger partial charge >= 0.3 is 0 Å². The number of ether oxygens (including phenoxy) is 1. The molecule has 1 N–H and O–H groups in total. The Balaban J connectivity index is 1.61. The Labute approximate surface area is 178 Å². The number of carbonyl (C=O) groups excluding carboxylic acids is 2. The molecule has 1 aromatic carbocycles. The van der Waals surface area contributed by atoms with Crippen LogP contribution in [-0.4, -0.2) is 74.6 Å². The van der Waals surface area contributed by atoms with E-state index in [2.05, 4.69) is 16.3 Å². The van der Waals surface area contributed by atoms with Crippen LogP contribution in [0.5, 0.6) is 0 Å². The molecule has 160 valence electrons. The van der Waals surface area contributed by atoms with Gasteiger partial charge in [-0.3, -0.25) is 14.5 Å². The average Bonchev–Trinajstić information content (AvgIpc) is 2.74. The molecule has 0 radical (unpaired) electrons. The van der Waals surface area contributed by atoms with Gasteiger partial charge in [0.05, 0.1) is 18.6 Å². The molecule has 2 aliphatic rings. The molecule has 0 spiro atoms. The smallest absolute Gasteiger partial charge is 0.234 e. The van der Waals surface area contributed by atoms with Gasteiger partial charge in [-0.05, 0) is 30.5 Å². The van der Waals surface area contributed by atoms with Gasteiger partial charge in [0.25, 0.3) is 0 Å². The van der Waals surface area contributed by atoms with Crippen LogP contribution < -0.4 is 5.32 Å². The third-order valence-corrected chi connectivity index (χ3v) is 6.38. The molecule has 7 heteroatoms. The number of nitrogens with zero attached hydrogens (tertiary/aromatic N) is 2. The summed E-state index contributed by atoms with van der Waals surface area (Å²) in [4.78, 5) is 29.8. The first-order chi connectivity index (χ1) is 14.0. The summed E-state index contributed by atoms with van der Waals surface area (Å²) in [6.45, 7) is 4.16. The van der Waals surface area contributed by atoms with Crippen molar-refractivity contribution >= 4 is 23.4 Å². The quantitative estimate of drug-likeness (QED) is 0.687. The summed E-state index contributed by atoms with van der Waals surface area (Å²) in [7, 11) is 1.62. The molecule has 1 saturated carbocycles. The van der Waals surface area contributed by atoms with Crippen LogP contribution in [0.2, 0.25) is 5.02 Å². The minimum Gasteiger partial charge on any atom is -0.383 e. The van der Waals surface area contributed by atoms with Gasteiger partial charge in [-0.2, -0.15) is 0 Å². The normalized spacial score (nSPS) is 19.7. The van der Waals surface area contributed by atoms with Crippen LogP contribution in [0, 0.1) is 0 Å². The van der Waals surface area contributed by atoms with Crippen LogP contribution in [-0.2, 0) is 19.7 Å². The number of benzene rings is 1. The number of hydrogen-bond acceptors (Lipinski definition) is 4. The first-order valence-corrected chi connectivity index (χ1v) is 11.0. The maximum Gasteiger partial charge on any atom is 0.234 e. The standard InChI is InChI=1S/C22H32ClN3O3/c1-29-15-10-24-20(27)17-25-11-13-26(14-12-25)21(28)22(8-3-2-4-9-22)18-6-5-7-19(23)16-18/h5-7,16H,2-4,8-15,17H2,1H3,(H,24,27). The van der Waals surface area contributed by atoms with Crippen molar-refractivity contribution < 1.29 is 14.3 Å². The molecule has 0 unspecified atom stereocenters. The molecule has 2 amide bonds. The van der Waals surface area contributed by atoms with E-state index < -0.39 is 5.41 Å². The van der Waals surface area contributed by atoms with Crippen LogP contribution in [0.4, 0.5) is 0 Å². The van der Waals surface area contributed by atoms with Crippen LogP contribution in [0.15, 0.2) is 24.3 Å². The zero-order valence-electron chi connectivity index (χ0n) is 17.3. The Morgan fingerprint density at radius 1 is 1.14 bits per heavy atom. The summed E-state index contributed by atoms with van der Waals surface area (Å²) in [5.74, 6) is 0.230. The third-order valence-electron chi connectivity index (χ3n) is 6.15. The van der Waals surface area contributed by atoms with Crippen LogP contribution >= 0.6 is 11.6 Å². The Bertz CT molecular complexity index is 698. The fourth-order valence-electron chi connectivity index (χ4n) is 4.53. The van der Waals surface area contributed by atoms with E-state index in [0.717, 1.165) is 44.3 Å². The van der Waals surface area contributed by atoms with Gasteiger partial charge in [0.15, 0.2) is 0 Å². The van der Waals surface area contributed by atoms with Crippen LogP contribution in [0.1, 0.15) is 37.7 Å². The fourth-order valence-corrected chi connectivity index (χ4v) is 4.72. The molecular weight excluding hydrogens is 390 g/mol. The highest BCUT2D eigenvalue weighted by Gasteiger charge is 2.44. The lowest BCUT2D eigenvalue weighted by atomic mass is 9.68. The van der Waals surface area contributed by atoms with Crippen molar-refractivity contribution in [1.29, 1.82) is 0 Å². The maximum absolute atomic E-state index is 13.7. The van der Waals surface area contributed by atoms with E-state index >= 15 is 0 Å². The van der Waals surface area contributed by atoms with E-state index in [1.807, 2.05) is 23.1 Å². The predicted molar refractivity (Wildman–Crippen MR) is 114 cm³/mol. The van der Waals surface area contributed by atoms with E-state index in [4.69, 9.17) is 16.3 Å². The molecule has 0 aromatic heterocycles. The Morgan fingerprint density at radius 2 is 1.86 bits per heavy atom. The van der Waals surface area contributed by atoms with Crippen molar-refractivity contribution in [3.05, 3.63) is 34.9 Å². The molecule has 1 aromatic rings. The SMILES string of the molecule is COCCNC(=O)CN1CCN(C(=O)C2(c3cccc(Cl)c3)CCCCC2)CC1. The van der Waals surface area contributed by atoms with E-state index in [1.165, 1.54) is 6.42 Å². The zero-order chi connectivity index (χ0) is 20.7. The van der Waals surface area contributed by atoms with Crippen molar-refractivity contribution in [2.24, 2.45) is 0 Å². The summed E-state index contributed by atoms with van der Waals surface area (Å²) in [6, 6.07) is 7.82. The monoisotopic (exact) mass is 421 g/mol. The molecular formula is C22H32ClN3O3. The molecule has 1 heterocycles. The first-order valence-electron chi connectivity index (χ1n) is 10.6. The largest absolute Gasteiger partial charge is 0.383 e. The topological polar surface area (TPSA) is 61.9 Å². The molecule has 1 saturated heterocycles. The van der Waals surface area contributed by atoms with E-state index in [9.17, 15) is 9.59 Å². The second kappa shape index (κ2) is 10.4. The molecule has 0 bridgehead atoms. The highest BCUT2D eigenvalue weighted by atomic mass is 35.5. The summed E-state index contributed by atoms with van der Waals surface area (Å²) in [5, 5.41) is 3.54. The summed E-state index contributed by atoms with van der Waals surface area (Å²) < 4.78 is 4.95. The zero-order valence-corrected chi connectivity index (χ0v) is 18.0. The summed E-state index contributed by atoms with van der Waals surface area (Å²) >= 11 is 6.25. The van der Waals surface area contributed by atoms with Crippen LogP contribution in [0.3, 0.4) is 0 Å². The number of methoxy groups -OCH3 is 1. The van der Waals surface area contributed by atoms with Gasteiger partial charge in [0.1, 0.15) is 0 Å². The van der Waals surface area contributed by atoms with Gasteiger partial charge in [0, 0.05) is 44.9 Å². The van der Waals surface area contributed by atoms with Crippen molar-refractivity contribution in [3.8, 4) is 0 Å². The van der Waals surface area contributed by atoms with Crippen molar-refractivity contribution in [2.75, 3.05) is 53.0 Å². The number of rotatable bonds is 7. The van der Waals surface area contributed by atoms with Gasteiger partial charge in [-0.25, -0.2) is 0 Å². The average molecular weight is 422 g/mol. The third kappa shape index (κ3) is 5.50. The molecule has 3 rings (SSSR count). The predicted octanol–water partition coefficient (Wildman–Crippen LogP) is 2.45. The molecule has 0 atom stereocenters. The van der Waals surface area contributed by atoms with Crippen molar-refractivity contribution in [2.45, 2.75) is 37.5 Å². The second-order valence-electron chi connectivity index (χ2n) is 8.06. The molecule has 2 fully saturated rings. The molecule has 1 aliphatic carbocycles. The summed E-state index contributed by atoms with van der Waals surface area (Å²) in [5.41, 5.74) is 0.595. The Kier molecular flexibility index (Phi) is 7.92. The van der Waals surface area contributed by atoms with Gasteiger partial charge < -0.3 is 15.0 Å². The Morgan fingerprint density at radius 3 is 2.52 bits per heavy atom.